The Kier molecular flexibility index (Phi) is 3.92. The second kappa shape index (κ2) is 5.27. The van der Waals surface area contributed by atoms with Crippen LogP contribution in [0.25, 0.3) is 0 Å². The second-order valence-electron chi connectivity index (χ2n) is 2.43. The van der Waals surface area contributed by atoms with Gasteiger partial charge in [-0.25, -0.2) is 0 Å². The van der Waals surface area contributed by atoms with Gasteiger partial charge in [-0.05, 0) is 17.7 Å². The lowest BCUT2D eigenvalue weighted by atomic mass is 10.1. The van der Waals surface area contributed by atoms with E-state index in [0.29, 0.717) is 6.47 Å². The fraction of sp³-hybridized carbons (Fsp3) is 0.333. The summed E-state index contributed by atoms with van der Waals surface area (Å²) in [4.78, 5) is 13.8. The Morgan fingerprint density at radius 3 is 2.77 bits per heavy atom. The van der Waals surface area contributed by atoms with E-state index in [1.165, 1.54) is 0 Å². The van der Waals surface area contributed by atoms with Crippen LogP contribution in [-0.2, 0) is 14.3 Å². The van der Waals surface area contributed by atoms with Crippen LogP contribution in [-0.4, -0.2) is 25.2 Å². The van der Waals surface area contributed by atoms with E-state index in [4.69, 9.17) is 4.74 Å². The van der Waals surface area contributed by atoms with E-state index >= 15 is 0 Å². The normalized spacial score (nSPS) is 12.1. The molecule has 0 saturated carbocycles. The molecule has 0 saturated heterocycles. The van der Waals surface area contributed by atoms with Gasteiger partial charge < -0.3 is 9.47 Å². The largest absolute Gasteiger partial charge is 0.465 e. The fourth-order valence-electron chi connectivity index (χ4n) is 1.01. The van der Waals surface area contributed by atoms with Gasteiger partial charge in [-0.3, -0.25) is 9.78 Å². The number of rotatable bonds is 5. The number of hydrogen-bond donors (Lipinski definition) is 0. The number of ether oxygens (including phenoxy) is 2. The first-order valence-electron chi connectivity index (χ1n) is 3.86. The number of carbonyl (C=O) groups excluding carboxylic acids is 1. The summed E-state index contributed by atoms with van der Waals surface area (Å²) >= 11 is 0. The Morgan fingerprint density at radius 2 is 2.23 bits per heavy atom. The molecule has 0 bridgehead atoms. The van der Waals surface area contributed by atoms with Gasteiger partial charge in [0.05, 0.1) is 0 Å². The first-order chi connectivity index (χ1) is 6.38. The summed E-state index contributed by atoms with van der Waals surface area (Å²) < 4.78 is 9.74. The van der Waals surface area contributed by atoms with Crippen molar-refractivity contribution in [2.75, 3.05) is 13.7 Å². The molecule has 0 aliphatic carbocycles. The zero-order valence-electron chi connectivity index (χ0n) is 7.34. The van der Waals surface area contributed by atoms with Crippen LogP contribution < -0.4 is 0 Å². The number of nitrogens with zero attached hydrogens (tertiary/aromatic N) is 1. The third-order valence-corrected chi connectivity index (χ3v) is 1.68. The maximum atomic E-state index is 9.97. The van der Waals surface area contributed by atoms with Crippen LogP contribution in [0.1, 0.15) is 11.7 Å². The van der Waals surface area contributed by atoms with Crippen molar-refractivity contribution in [3.63, 3.8) is 0 Å². The van der Waals surface area contributed by atoms with Gasteiger partial charge >= 0.3 is 0 Å². The van der Waals surface area contributed by atoms with Crippen molar-refractivity contribution >= 4 is 6.47 Å². The van der Waals surface area contributed by atoms with Gasteiger partial charge in [0.2, 0.25) is 0 Å². The number of aromatic nitrogens is 1. The van der Waals surface area contributed by atoms with Crippen molar-refractivity contribution in [2.45, 2.75) is 6.10 Å². The molecule has 1 aromatic heterocycles. The second-order valence-corrected chi connectivity index (χ2v) is 2.43. The maximum absolute atomic E-state index is 9.97. The molecule has 1 unspecified atom stereocenters. The van der Waals surface area contributed by atoms with Gasteiger partial charge in [0.25, 0.3) is 6.47 Å². The molecule has 1 aromatic rings. The van der Waals surface area contributed by atoms with Gasteiger partial charge in [0.1, 0.15) is 12.7 Å². The van der Waals surface area contributed by atoms with Crippen LogP contribution in [0.3, 0.4) is 0 Å². The van der Waals surface area contributed by atoms with Crippen LogP contribution in [0, 0.1) is 0 Å². The summed E-state index contributed by atoms with van der Waals surface area (Å²) in [6, 6.07) is 3.64. The molecule has 4 heteroatoms. The quantitative estimate of drug-likeness (QED) is 0.634. The molecule has 4 nitrogen and oxygen atoms in total. The van der Waals surface area contributed by atoms with Gasteiger partial charge in [0, 0.05) is 19.5 Å². The zero-order chi connectivity index (χ0) is 9.52. The molecular weight excluding hydrogens is 170 g/mol. The zero-order valence-corrected chi connectivity index (χ0v) is 7.34. The van der Waals surface area contributed by atoms with Crippen LogP contribution in [0.2, 0.25) is 0 Å². The minimum absolute atomic E-state index is 0.215. The highest BCUT2D eigenvalue weighted by atomic mass is 16.5. The molecule has 0 fully saturated rings. The lowest BCUT2D eigenvalue weighted by Crippen LogP contribution is -2.09. The van der Waals surface area contributed by atoms with Crippen molar-refractivity contribution < 1.29 is 14.3 Å². The molecule has 0 spiro atoms. The molecule has 1 atom stereocenters. The van der Waals surface area contributed by atoms with Gasteiger partial charge in [-0.2, -0.15) is 0 Å². The summed E-state index contributed by atoms with van der Waals surface area (Å²) in [5, 5.41) is 0. The molecule has 0 aliphatic heterocycles. The summed E-state index contributed by atoms with van der Waals surface area (Å²) in [6.45, 7) is 0.636. The predicted octanol–water partition coefficient (Wildman–Crippen LogP) is 0.942. The molecule has 0 aromatic carbocycles. The lowest BCUT2D eigenvalue weighted by Gasteiger charge is -2.13. The maximum Gasteiger partial charge on any atom is 0.293 e. The average molecular weight is 181 g/mol. The third-order valence-electron chi connectivity index (χ3n) is 1.68. The molecule has 0 radical (unpaired) electrons. The smallest absolute Gasteiger partial charge is 0.293 e. The lowest BCUT2D eigenvalue weighted by molar-refractivity contribution is -0.132. The number of methoxy groups -OCH3 is 1. The Hall–Kier alpha value is -1.42. The minimum Gasteiger partial charge on any atom is -0.465 e. The van der Waals surface area contributed by atoms with Crippen molar-refractivity contribution in [3.8, 4) is 0 Å². The molecule has 1 heterocycles. The van der Waals surface area contributed by atoms with E-state index in [0.717, 1.165) is 5.56 Å². The summed E-state index contributed by atoms with van der Waals surface area (Å²) in [5.74, 6) is 0. The summed E-state index contributed by atoms with van der Waals surface area (Å²) in [6.07, 6.45) is 3.12. The Bertz CT molecular complexity index is 250. The molecule has 1 rings (SSSR count). The van der Waals surface area contributed by atoms with Crippen LogP contribution in [0.4, 0.5) is 0 Å². The Balaban J connectivity index is 2.61. The Morgan fingerprint density at radius 1 is 1.54 bits per heavy atom. The molecule has 13 heavy (non-hydrogen) atoms. The number of hydrogen-bond acceptors (Lipinski definition) is 4. The first-order valence-corrected chi connectivity index (χ1v) is 3.86. The van der Waals surface area contributed by atoms with Crippen molar-refractivity contribution in [1.29, 1.82) is 0 Å². The van der Waals surface area contributed by atoms with Gasteiger partial charge in [0.15, 0.2) is 0 Å². The Labute approximate surface area is 76.5 Å². The average Bonchev–Trinajstić information content (AvgIpc) is 2.21. The van der Waals surface area contributed by atoms with Crippen LogP contribution in [0.5, 0.6) is 0 Å². The highest BCUT2D eigenvalue weighted by Gasteiger charge is 2.09. The van der Waals surface area contributed by atoms with E-state index in [1.807, 2.05) is 12.1 Å². The highest BCUT2D eigenvalue weighted by Crippen LogP contribution is 2.14. The first kappa shape index (κ1) is 9.67. The SMILES string of the molecule is COC(COC=O)c1ccncc1. The van der Waals surface area contributed by atoms with Crippen molar-refractivity contribution in [1.82, 2.24) is 4.98 Å². The molecule has 0 N–H and O–H groups in total. The van der Waals surface area contributed by atoms with E-state index in [9.17, 15) is 4.79 Å². The number of pyridine rings is 1. The number of carbonyl (C=O) groups is 1. The molecule has 0 aliphatic rings. The van der Waals surface area contributed by atoms with Crippen molar-refractivity contribution in [3.05, 3.63) is 30.1 Å². The van der Waals surface area contributed by atoms with E-state index in [1.54, 1.807) is 19.5 Å². The highest BCUT2D eigenvalue weighted by molar-refractivity contribution is 5.37. The molecule has 70 valence electrons. The predicted molar refractivity (Wildman–Crippen MR) is 46.0 cm³/mol. The molecular formula is C9H11NO3. The van der Waals surface area contributed by atoms with E-state index < -0.39 is 0 Å². The molecule has 0 amide bonds. The van der Waals surface area contributed by atoms with Gasteiger partial charge in [-0.1, -0.05) is 0 Å². The fourth-order valence-corrected chi connectivity index (χ4v) is 1.01. The third kappa shape index (κ3) is 2.83. The van der Waals surface area contributed by atoms with Crippen LogP contribution >= 0.6 is 0 Å². The monoisotopic (exact) mass is 181 g/mol. The standard InChI is InChI=1S/C9H11NO3/c1-12-9(6-13-7-11)8-2-4-10-5-3-8/h2-5,7,9H,6H2,1H3. The van der Waals surface area contributed by atoms with Crippen molar-refractivity contribution in [2.24, 2.45) is 0 Å². The summed E-state index contributed by atoms with van der Waals surface area (Å²) in [7, 11) is 1.57. The topological polar surface area (TPSA) is 48.4 Å². The minimum atomic E-state index is -0.215. The van der Waals surface area contributed by atoms with E-state index in [-0.39, 0.29) is 12.7 Å². The van der Waals surface area contributed by atoms with E-state index in [2.05, 4.69) is 9.72 Å². The van der Waals surface area contributed by atoms with Crippen LogP contribution in [0.15, 0.2) is 24.5 Å². The van der Waals surface area contributed by atoms with Gasteiger partial charge in [-0.15, -0.1) is 0 Å². The summed E-state index contributed by atoms with van der Waals surface area (Å²) in [5.41, 5.74) is 0.944.